The van der Waals surface area contributed by atoms with Crippen LogP contribution in [-0.4, -0.2) is 61.2 Å². The largest absolute Gasteiger partial charge is 0.398 e. The number of benzene rings is 2. The lowest BCUT2D eigenvalue weighted by Gasteiger charge is -2.34. The molecule has 1 aliphatic heterocycles. The standard InChI is InChI=1S/C25H32N8/c1-27-23-16-28-25(29-17-7-9-18(10-8-17)33-13-11-32(2)12-14-33)31-24(23)30-22-15-20(22)19-5-3-4-6-21(19)26/h3-10,16,20,22,27H,11-15,26H2,1-2H3,(H2,28,29,30,31). The number of nitrogens with zero attached hydrogens (tertiary/aromatic N) is 4. The minimum absolute atomic E-state index is 0.312. The summed E-state index contributed by atoms with van der Waals surface area (Å²) in [7, 11) is 4.06. The first kappa shape index (κ1) is 21.3. The van der Waals surface area contributed by atoms with Crippen molar-refractivity contribution in [2.75, 3.05) is 66.9 Å². The molecule has 1 saturated carbocycles. The van der Waals surface area contributed by atoms with Crippen molar-refractivity contribution in [2.45, 2.75) is 18.4 Å². The summed E-state index contributed by atoms with van der Waals surface area (Å²) >= 11 is 0. The van der Waals surface area contributed by atoms with E-state index in [0.717, 1.165) is 55.5 Å². The van der Waals surface area contributed by atoms with Crippen LogP contribution in [-0.2, 0) is 0 Å². The van der Waals surface area contributed by atoms with E-state index in [1.54, 1.807) is 0 Å². The van der Waals surface area contributed by atoms with Crippen LogP contribution >= 0.6 is 0 Å². The first-order valence-electron chi connectivity index (χ1n) is 11.6. The van der Waals surface area contributed by atoms with Gasteiger partial charge in [-0.3, -0.25) is 0 Å². The molecule has 2 unspecified atom stereocenters. The highest BCUT2D eigenvalue weighted by atomic mass is 15.2. The number of hydrogen-bond donors (Lipinski definition) is 4. The van der Waals surface area contributed by atoms with Crippen LogP contribution in [0.5, 0.6) is 0 Å². The normalized spacial score (nSPS) is 20.4. The van der Waals surface area contributed by atoms with Crippen LogP contribution in [0.25, 0.3) is 0 Å². The Labute approximate surface area is 195 Å². The molecular weight excluding hydrogens is 412 g/mol. The molecule has 1 saturated heterocycles. The molecule has 1 aliphatic carbocycles. The van der Waals surface area contributed by atoms with Gasteiger partial charge < -0.3 is 31.5 Å². The van der Waals surface area contributed by atoms with Gasteiger partial charge >= 0.3 is 0 Å². The highest BCUT2D eigenvalue weighted by Gasteiger charge is 2.40. The van der Waals surface area contributed by atoms with Crippen LogP contribution in [0.15, 0.2) is 54.7 Å². The van der Waals surface area contributed by atoms with Gasteiger partial charge in [-0.05, 0) is 49.4 Å². The number of likely N-dealkylation sites (N-methyl/N-ethyl adjacent to an activating group) is 1. The zero-order valence-electron chi connectivity index (χ0n) is 19.3. The number of piperazine rings is 1. The monoisotopic (exact) mass is 444 g/mol. The van der Waals surface area contributed by atoms with Crippen molar-refractivity contribution < 1.29 is 0 Å². The van der Waals surface area contributed by atoms with Crippen LogP contribution in [0.1, 0.15) is 17.9 Å². The van der Waals surface area contributed by atoms with E-state index in [2.05, 4.69) is 68.1 Å². The van der Waals surface area contributed by atoms with Crippen LogP contribution in [0.4, 0.5) is 34.5 Å². The molecule has 0 bridgehead atoms. The summed E-state index contributed by atoms with van der Waals surface area (Å²) in [6.07, 6.45) is 2.85. The number of nitrogens with one attached hydrogen (secondary N) is 3. The van der Waals surface area contributed by atoms with Crippen LogP contribution < -0.4 is 26.6 Å². The van der Waals surface area contributed by atoms with Gasteiger partial charge in [-0.1, -0.05) is 18.2 Å². The van der Waals surface area contributed by atoms with Gasteiger partial charge in [0.25, 0.3) is 0 Å². The van der Waals surface area contributed by atoms with Crippen molar-refractivity contribution in [1.29, 1.82) is 0 Å². The molecule has 3 aromatic rings. The molecule has 0 radical (unpaired) electrons. The second kappa shape index (κ2) is 9.15. The molecule has 2 aliphatic rings. The minimum Gasteiger partial charge on any atom is -0.398 e. The molecule has 2 fully saturated rings. The maximum atomic E-state index is 6.17. The van der Waals surface area contributed by atoms with Crippen LogP contribution in [0, 0.1) is 0 Å². The van der Waals surface area contributed by atoms with Gasteiger partial charge in [0.1, 0.15) is 0 Å². The molecule has 5 rings (SSSR count). The highest BCUT2D eigenvalue weighted by molar-refractivity contribution is 5.68. The Kier molecular flexibility index (Phi) is 5.92. The minimum atomic E-state index is 0.312. The second-order valence-electron chi connectivity index (χ2n) is 8.89. The second-order valence-corrected chi connectivity index (χ2v) is 8.89. The molecular formula is C25H32N8. The Morgan fingerprint density at radius 2 is 1.76 bits per heavy atom. The van der Waals surface area contributed by atoms with Gasteiger partial charge in [-0.25, -0.2) is 4.98 Å². The molecule has 0 amide bonds. The average Bonchev–Trinajstić information content (AvgIpc) is 3.59. The molecule has 172 valence electrons. The topological polar surface area (TPSA) is 94.4 Å². The first-order chi connectivity index (χ1) is 16.1. The van der Waals surface area contributed by atoms with Crippen molar-refractivity contribution in [2.24, 2.45) is 0 Å². The predicted molar refractivity (Wildman–Crippen MR) is 137 cm³/mol. The molecule has 33 heavy (non-hydrogen) atoms. The highest BCUT2D eigenvalue weighted by Crippen LogP contribution is 2.45. The molecule has 2 atom stereocenters. The molecule has 2 heterocycles. The summed E-state index contributed by atoms with van der Waals surface area (Å²) in [4.78, 5) is 14.0. The van der Waals surface area contributed by atoms with E-state index < -0.39 is 0 Å². The Morgan fingerprint density at radius 1 is 1.00 bits per heavy atom. The summed E-state index contributed by atoms with van der Waals surface area (Å²) in [6.45, 7) is 4.31. The van der Waals surface area contributed by atoms with Crippen molar-refractivity contribution >= 4 is 34.5 Å². The van der Waals surface area contributed by atoms with Crippen LogP contribution in [0.2, 0.25) is 0 Å². The van der Waals surface area contributed by atoms with E-state index >= 15 is 0 Å². The van der Waals surface area contributed by atoms with Gasteiger partial charge in [0, 0.05) is 62.2 Å². The summed E-state index contributed by atoms with van der Waals surface area (Å²) in [5.41, 5.74) is 11.3. The number of nitrogen functional groups attached to an aromatic ring is 1. The van der Waals surface area contributed by atoms with E-state index in [9.17, 15) is 0 Å². The number of nitrogens with two attached hydrogens (primary N) is 1. The molecule has 0 spiro atoms. The zero-order valence-corrected chi connectivity index (χ0v) is 19.3. The lowest BCUT2D eigenvalue weighted by Crippen LogP contribution is -2.44. The smallest absolute Gasteiger partial charge is 0.229 e. The van der Waals surface area contributed by atoms with E-state index in [4.69, 9.17) is 10.7 Å². The van der Waals surface area contributed by atoms with E-state index in [0.29, 0.717) is 17.9 Å². The number of hydrogen-bond acceptors (Lipinski definition) is 8. The average molecular weight is 445 g/mol. The zero-order chi connectivity index (χ0) is 22.8. The number of rotatable bonds is 7. The van der Waals surface area contributed by atoms with E-state index in [-0.39, 0.29) is 0 Å². The fraction of sp³-hybridized carbons (Fsp3) is 0.360. The molecule has 8 heteroatoms. The van der Waals surface area contributed by atoms with Gasteiger partial charge in [0.2, 0.25) is 5.95 Å². The maximum Gasteiger partial charge on any atom is 0.229 e. The van der Waals surface area contributed by atoms with Crippen molar-refractivity contribution in [3.05, 3.63) is 60.3 Å². The van der Waals surface area contributed by atoms with Crippen molar-refractivity contribution in [3.8, 4) is 0 Å². The molecule has 8 nitrogen and oxygen atoms in total. The van der Waals surface area contributed by atoms with E-state index in [1.807, 2.05) is 31.4 Å². The summed E-state index contributed by atoms with van der Waals surface area (Å²) in [5, 5.41) is 10.1. The van der Waals surface area contributed by atoms with Gasteiger partial charge in [-0.15, -0.1) is 0 Å². The summed E-state index contributed by atoms with van der Waals surface area (Å²) < 4.78 is 0. The third-order valence-corrected chi connectivity index (χ3v) is 6.56. The van der Waals surface area contributed by atoms with Gasteiger partial charge in [0.15, 0.2) is 5.82 Å². The summed E-state index contributed by atoms with van der Waals surface area (Å²) in [6, 6.07) is 16.9. The Balaban J connectivity index is 1.25. The quantitative estimate of drug-likeness (QED) is 0.411. The molecule has 5 N–H and O–H groups in total. The van der Waals surface area contributed by atoms with Crippen molar-refractivity contribution in [3.63, 3.8) is 0 Å². The Hall–Kier alpha value is -3.52. The first-order valence-corrected chi connectivity index (χ1v) is 11.6. The van der Waals surface area contributed by atoms with Crippen molar-refractivity contribution in [1.82, 2.24) is 14.9 Å². The van der Waals surface area contributed by atoms with Crippen LogP contribution in [0.3, 0.4) is 0 Å². The predicted octanol–water partition coefficient (Wildman–Crippen LogP) is 3.56. The lowest BCUT2D eigenvalue weighted by molar-refractivity contribution is 0.313. The SMILES string of the molecule is CNc1cnc(Nc2ccc(N3CCN(C)CC3)cc2)nc1NC1CC1c1ccccc1N. The molecule has 2 aromatic carbocycles. The Bertz CT molecular complexity index is 1090. The molecule has 1 aromatic heterocycles. The third kappa shape index (κ3) is 4.80. The Morgan fingerprint density at radius 3 is 2.48 bits per heavy atom. The fourth-order valence-electron chi connectivity index (χ4n) is 4.41. The maximum absolute atomic E-state index is 6.17. The fourth-order valence-corrected chi connectivity index (χ4v) is 4.41. The lowest BCUT2D eigenvalue weighted by atomic mass is 10.1. The number of para-hydroxylation sites is 1. The summed E-state index contributed by atoms with van der Waals surface area (Å²) in [5.74, 6) is 1.77. The van der Waals surface area contributed by atoms with Gasteiger partial charge in [-0.2, -0.15) is 4.98 Å². The number of aromatic nitrogens is 2. The number of anilines is 6. The van der Waals surface area contributed by atoms with Gasteiger partial charge in [0.05, 0.1) is 11.9 Å². The van der Waals surface area contributed by atoms with E-state index in [1.165, 1.54) is 11.3 Å². The third-order valence-electron chi connectivity index (χ3n) is 6.56.